The van der Waals surface area contributed by atoms with Crippen LogP contribution >= 0.6 is 0 Å². The molecule has 0 spiro atoms. The summed E-state index contributed by atoms with van der Waals surface area (Å²) in [6, 6.07) is 10.2. The van der Waals surface area contributed by atoms with Crippen molar-refractivity contribution in [3.63, 3.8) is 0 Å². The molecule has 1 aromatic carbocycles. The third-order valence-corrected chi connectivity index (χ3v) is 6.40. The van der Waals surface area contributed by atoms with Crippen LogP contribution in [0, 0.1) is 19.8 Å². The first kappa shape index (κ1) is 19.2. The number of carbonyl (C=O) groups is 1. The topological polar surface area (TPSA) is 104 Å². The molecule has 27 heavy (non-hydrogen) atoms. The summed E-state index contributed by atoms with van der Waals surface area (Å²) in [5.74, 6) is -0.106. The summed E-state index contributed by atoms with van der Waals surface area (Å²) in [5, 5.41) is 0. The molecule has 1 aliphatic rings. The summed E-state index contributed by atoms with van der Waals surface area (Å²) < 4.78 is 26.7. The second kappa shape index (κ2) is 8.01. The minimum absolute atomic E-state index is 0.186. The highest BCUT2D eigenvalue weighted by Crippen LogP contribution is 2.23. The van der Waals surface area contributed by atoms with E-state index in [2.05, 4.69) is 20.8 Å². The van der Waals surface area contributed by atoms with Crippen LogP contribution in [0.4, 0.5) is 5.95 Å². The van der Waals surface area contributed by atoms with E-state index in [4.69, 9.17) is 0 Å². The average Bonchev–Trinajstić information content (AvgIpc) is 2.66. The molecule has 0 radical (unpaired) electrons. The van der Waals surface area contributed by atoms with Gasteiger partial charge in [-0.05, 0) is 44.9 Å². The van der Waals surface area contributed by atoms with Crippen LogP contribution in [0.3, 0.4) is 0 Å². The highest BCUT2D eigenvalue weighted by Gasteiger charge is 2.32. The number of anilines is 1. The zero-order chi connectivity index (χ0) is 19.4. The normalized spacial score (nSPS) is 16.1. The quantitative estimate of drug-likeness (QED) is 0.754. The molecule has 0 atom stereocenters. The van der Waals surface area contributed by atoms with Gasteiger partial charge in [0, 0.05) is 30.4 Å². The molecule has 0 saturated carbocycles. The molecule has 3 rings (SSSR count). The highest BCUT2D eigenvalue weighted by molar-refractivity contribution is 7.89. The largest absolute Gasteiger partial charge is 0.273 e. The number of hydrazine groups is 1. The number of carbonyl (C=O) groups excluding carboxylic acids is 1. The number of hydrogen-bond acceptors (Lipinski definition) is 6. The molecule has 2 N–H and O–H groups in total. The minimum atomic E-state index is -3.51. The fourth-order valence-corrected chi connectivity index (χ4v) is 4.59. The maximum Gasteiger partial charge on any atom is 0.243 e. The number of nitrogens with one attached hydrogen (secondary N) is 2. The molecule has 1 aliphatic heterocycles. The van der Waals surface area contributed by atoms with Gasteiger partial charge in [-0.1, -0.05) is 18.2 Å². The summed E-state index contributed by atoms with van der Waals surface area (Å²) >= 11 is 0. The van der Waals surface area contributed by atoms with Crippen LogP contribution in [0.25, 0.3) is 0 Å². The lowest BCUT2D eigenvalue weighted by Gasteiger charge is -2.30. The van der Waals surface area contributed by atoms with Crippen molar-refractivity contribution < 1.29 is 13.2 Å². The molecule has 0 bridgehead atoms. The van der Waals surface area contributed by atoms with E-state index in [1.165, 1.54) is 4.31 Å². The monoisotopic (exact) mass is 389 g/mol. The van der Waals surface area contributed by atoms with Crippen molar-refractivity contribution >= 4 is 21.9 Å². The van der Waals surface area contributed by atoms with Gasteiger partial charge in [-0.3, -0.25) is 15.6 Å². The van der Waals surface area contributed by atoms with Gasteiger partial charge in [0.15, 0.2) is 0 Å². The molecule has 9 heteroatoms. The number of hydrogen-bond donors (Lipinski definition) is 2. The Morgan fingerprint density at radius 2 is 1.67 bits per heavy atom. The molecule has 2 aromatic rings. The molecule has 1 fully saturated rings. The Morgan fingerprint density at radius 1 is 1.07 bits per heavy atom. The fourth-order valence-electron chi connectivity index (χ4n) is 3.10. The average molecular weight is 389 g/mol. The summed E-state index contributed by atoms with van der Waals surface area (Å²) in [5.41, 5.74) is 6.97. The molecule has 1 saturated heterocycles. The maximum atomic E-state index is 12.6. The predicted octanol–water partition coefficient (Wildman–Crippen LogP) is 1.64. The van der Waals surface area contributed by atoms with Crippen LogP contribution in [0.5, 0.6) is 0 Å². The van der Waals surface area contributed by atoms with Gasteiger partial charge in [0.1, 0.15) is 0 Å². The van der Waals surface area contributed by atoms with Gasteiger partial charge in [0.2, 0.25) is 21.9 Å². The Balaban J connectivity index is 1.55. The van der Waals surface area contributed by atoms with Crippen molar-refractivity contribution in [1.29, 1.82) is 0 Å². The van der Waals surface area contributed by atoms with E-state index in [9.17, 15) is 13.2 Å². The van der Waals surface area contributed by atoms with Crippen molar-refractivity contribution in [3.05, 3.63) is 47.8 Å². The molecule has 1 amide bonds. The van der Waals surface area contributed by atoms with E-state index < -0.39 is 10.0 Å². The van der Waals surface area contributed by atoms with E-state index in [0.717, 1.165) is 11.4 Å². The van der Waals surface area contributed by atoms with E-state index in [1.54, 1.807) is 30.3 Å². The molecule has 144 valence electrons. The first-order valence-corrected chi connectivity index (χ1v) is 10.2. The fraction of sp³-hybridized carbons (Fsp3) is 0.389. The maximum absolute atomic E-state index is 12.6. The lowest BCUT2D eigenvalue weighted by molar-refractivity contribution is -0.125. The highest BCUT2D eigenvalue weighted by atomic mass is 32.2. The van der Waals surface area contributed by atoms with Gasteiger partial charge in [-0.2, -0.15) is 4.31 Å². The van der Waals surface area contributed by atoms with Crippen molar-refractivity contribution in [1.82, 2.24) is 19.7 Å². The van der Waals surface area contributed by atoms with Crippen LogP contribution in [0.15, 0.2) is 41.3 Å². The lowest BCUT2D eigenvalue weighted by atomic mass is 9.98. The van der Waals surface area contributed by atoms with Crippen molar-refractivity contribution in [2.45, 2.75) is 31.6 Å². The second-order valence-electron chi connectivity index (χ2n) is 6.58. The first-order valence-electron chi connectivity index (χ1n) is 8.79. The minimum Gasteiger partial charge on any atom is -0.273 e. The predicted molar refractivity (Wildman–Crippen MR) is 101 cm³/mol. The van der Waals surface area contributed by atoms with Crippen LogP contribution in [0.1, 0.15) is 24.2 Å². The Hall–Kier alpha value is -2.52. The SMILES string of the molecule is Cc1cc(C)nc(NNC(=O)C2CCN(S(=O)(=O)c3ccccc3)CC2)n1. The van der Waals surface area contributed by atoms with Crippen LogP contribution in [0.2, 0.25) is 0 Å². The van der Waals surface area contributed by atoms with E-state index in [0.29, 0.717) is 31.9 Å². The summed E-state index contributed by atoms with van der Waals surface area (Å²) in [4.78, 5) is 21.1. The molecule has 1 aromatic heterocycles. The van der Waals surface area contributed by atoms with Gasteiger partial charge in [-0.15, -0.1) is 0 Å². The summed E-state index contributed by atoms with van der Waals surface area (Å²) in [6.45, 7) is 4.33. The van der Waals surface area contributed by atoms with Crippen molar-refractivity contribution in [2.24, 2.45) is 5.92 Å². The molecular formula is C18H23N5O3S. The van der Waals surface area contributed by atoms with Gasteiger partial charge < -0.3 is 0 Å². The first-order chi connectivity index (χ1) is 12.9. The van der Waals surface area contributed by atoms with Gasteiger partial charge in [0.25, 0.3) is 0 Å². The number of nitrogens with zero attached hydrogens (tertiary/aromatic N) is 3. The van der Waals surface area contributed by atoms with E-state index >= 15 is 0 Å². The number of sulfonamides is 1. The molecular weight excluding hydrogens is 366 g/mol. The summed E-state index contributed by atoms with van der Waals surface area (Å²) in [7, 11) is -3.51. The van der Waals surface area contributed by atoms with Crippen LogP contribution < -0.4 is 10.9 Å². The Bertz CT molecular complexity index is 890. The Labute approximate surface area is 159 Å². The van der Waals surface area contributed by atoms with Gasteiger partial charge in [-0.25, -0.2) is 18.4 Å². The summed E-state index contributed by atoms with van der Waals surface area (Å²) in [6.07, 6.45) is 0.931. The number of aromatic nitrogens is 2. The number of amides is 1. The molecule has 8 nitrogen and oxygen atoms in total. The molecule has 0 unspecified atom stereocenters. The molecule has 0 aliphatic carbocycles. The van der Waals surface area contributed by atoms with Crippen molar-refractivity contribution in [3.8, 4) is 0 Å². The van der Waals surface area contributed by atoms with E-state index in [1.807, 2.05) is 19.9 Å². The van der Waals surface area contributed by atoms with Crippen molar-refractivity contribution in [2.75, 3.05) is 18.5 Å². The van der Waals surface area contributed by atoms with Crippen LogP contribution in [-0.4, -0.2) is 41.7 Å². The van der Waals surface area contributed by atoms with Gasteiger partial charge in [0.05, 0.1) is 4.90 Å². The zero-order valence-corrected chi connectivity index (χ0v) is 16.2. The standard InChI is InChI=1S/C18H23N5O3S/c1-13-12-14(2)20-18(19-13)22-21-17(24)15-8-10-23(11-9-15)27(25,26)16-6-4-3-5-7-16/h3-7,12,15H,8-11H2,1-2H3,(H,21,24)(H,19,20,22). The second-order valence-corrected chi connectivity index (χ2v) is 8.52. The molecule has 2 heterocycles. The van der Waals surface area contributed by atoms with E-state index in [-0.39, 0.29) is 16.7 Å². The third-order valence-electron chi connectivity index (χ3n) is 4.49. The van der Waals surface area contributed by atoms with Crippen LogP contribution in [-0.2, 0) is 14.8 Å². The number of piperidine rings is 1. The number of aryl methyl sites for hydroxylation is 2. The smallest absolute Gasteiger partial charge is 0.243 e. The Morgan fingerprint density at radius 3 is 2.26 bits per heavy atom. The zero-order valence-electron chi connectivity index (χ0n) is 15.3. The number of rotatable bonds is 5. The van der Waals surface area contributed by atoms with Gasteiger partial charge >= 0.3 is 0 Å². The Kier molecular flexibility index (Phi) is 5.71. The number of benzene rings is 1. The lowest BCUT2D eigenvalue weighted by Crippen LogP contribution is -2.44. The third kappa shape index (κ3) is 4.61.